The summed E-state index contributed by atoms with van der Waals surface area (Å²) in [7, 11) is 0. The average Bonchev–Trinajstić information content (AvgIpc) is 2.69. The Morgan fingerprint density at radius 1 is 1.37 bits per heavy atom. The van der Waals surface area contributed by atoms with E-state index < -0.39 is 11.9 Å². The van der Waals surface area contributed by atoms with Crippen molar-refractivity contribution in [2.75, 3.05) is 0 Å². The molecule has 0 bridgehead atoms. The maximum absolute atomic E-state index is 13.3. The van der Waals surface area contributed by atoms with E-state index in [1.165, 1.54) is 24.4 Å². The van der Waals surface area contributed by atoms with Crippen LogP contribution in [0.2, 0.25) is 10.0 Å². The summed E-state index contributed by atoms with van der Waals surface area (Å²) < 4.78 is 14.9. The highest BCUT2D eigenvalue weighted by Gasteiger charge is 2.20. The highest BCUT2D eigenvalue weighted by molar-refractivity contribution is 6.31. The molecule has 0 saturated carbocycles. The van der Waals surface area contributed by atoms with Crippen molar-refractivity contribution in [2.24, 2.45) is 0 Å². The first-order chi connectivity index (χ1) is 9.02. The highest BCUT2D eigenvalue weighted by atomic mass is 35.5. The van der Waals surface area contributed by atoms with Crippen molar-refractivity contribution >= 4 is 23.2 Å². The van der Waals surface area contributed by atoms with Gasteiger partial charge in [-0.2, -0.15) is 5.10 Å². The van der Waals surface area contributed by atoms with Crippen LogP contribution in [-0.4, -0.2) is 14.9 Å². The molecule has 1 N–H and O–H groups in total. The fourth-order valence-corrected chi connectivity index (χ4v) is 2.40. The predicted molar refractivity (Wildman–Crippen MR) is 73.0 cm³/mol. The fourth-order valence-electron chi connectivity index (χ4n) is 1.92. The standard InChI is InChI=1S/C13H13Cl2FN2O/c1-2-3-18-12(11(15)7-17-18)13(19)8-4-9(14)6-10(16)5-8/h4-7,13,19H,2-3H2,1H3. The number of rotatable bonds is 4. The summed E-state index contributed by atoms with van der Waals surface area (Å²) in [5.41, 5.74) is 0.801. The summed E-state index contributed by atoms with van der Waals surface area (Å²) in [4.78, 5) is 0. The maximum Gasteiger partial charge on any atom is 0.125 e. The minimum atomic E-state index is -1.06. The third-order valence-corrected chi connectivity index (χ3v) is 3.24. The van der Waals surface area contributed by atoms with Crippen LogP contribution in [0.4, 0.5) is 4.39 Å². The van der Waals surface area contributed by atoms with Gasteiger partial charge in [0.1, 0.15) is 11.9 Å². The second-order valence-electron chi connectivity index (χ2n) is 4.21. The number of halogens is 3. The SMILES string of the molecule is CCCn1ncc(Cl)c1C(O)c1cc(F)cc(Cl)c1. The molecule has 1 aromatic heterocycles. The lowest BCUT2D eigenvalue weighted by Crippen LogP contribution is -2.10. The van der Waals surface area contributed by atoms with E-state index in [2.05, 4.69) is 5.10 Å². The summed E-state index contributed by atoms with van der Waals surface area (Å²) in [5.74, 6) is -0.501. The summed E-state index contributed by atoms with van der Waals surface area (Å²) in [5, 5.41) is 15.0. The second kappa shape index (κ2) is 5.90. The van der Waals surface area contributed by atoms with Gasteiger partial charge in [-0.3, -0.25) is 4.68 Å². The smallest absolute Gasteiger partial charge is 0.125 e. The van der Waals surface area contributed by atoms with Gasteiger partial charge in [-0.1, -0.05) is 30.1 Å². The molecule has 0 radical (unpaired) electrons. The molecule has 2 aromatic rings. The van der Waals surface area contributed by atoms with Gasteiger partial charge in [0.2, 0.25) is 0 Å². The van der Waals surface area contributed by atoms with E-state index in [0.717, 1.165) is 6.42 Å². The number of aryl methyl sites for hydroxylation is 1. The van der Waals surface area contributed by atoms with Crippen LogP contribution >= 0.6 is 23.2 Å². The number of aliphatic hydroxyl groups excluding tert-OH is 1. The van der Waals surface area contributed by atoms with E-state index in [0.29, 0.717) is 22.8 Å². The molecule has 0 aliphatic carbocycles. The molecule has 3 nitrogen and oxygen atoms in total. The highest BCUT2D eigenvalue weighted by Crippen LogP contribution is 2.30. The maximum atomic E-state index is 13.3. The van der Waals surface area contributed by atoms with Crippen LogP contribution in [0.3, 0.4) is 0 Å². The van der Waals surface area contributed by atoms with Gasteiger partial charge in [0.25, 0.3) is 0 Å². The first-order valence-corrected chi connectivity index (χ1v) is 6.63. The summed E-state index contributed by atoms with van der Waals surface area (Å²) in [6.45, 7) is 2.62. The lowest BCUT2D eigenvalue weighted by Gasteiger charge is -2.14. The van der Waals surface area contributed by atoms with Gasteiger partial charge in [0, 0.05) is 11.6 Å². The van der Waals surface area contributed by atoms with Crippen LogP contribution < -0.4 is 0 Å². The Labute approximate surface area is 120 Å². The Morgan fingerprint density at radius 3 is 2.74 bits per heavy atom. The zero-order valence-electron chi connectivity index (χ0n) is 10.3. The number of hydrogen-bond acceptors (Lipinski definition) is 2. The number of aromatic nitrogens is 2. The molecule has 0 spiro atoms. The zero-order valence-corrected chi connectivity index (χ0v) is 11.8. The Bertz CT molecular complexity index is 566. The van der Waals surface area contributed by atoms with Crippen LogP contribution in [0.5, 0.6) is 0 Å². The van der Waals surface area contributed by atoms with E-state index in [4.69, 9.17) is 23.2 Å². The second-order valence-corrected chi connectivity index (χ2v) is 5.05. The molecular formula is C13H13Cl2FN2O. The summed E-state index contributed by atoms with van der Waals surface area (Å²) >= 11 is 11.8. The minimum Gasteiger partial charge on any atom is -0.382 e. The molecule has 0 aliphatic rings. The predicted octanol–water partition coefficient (Wildman–Crippen LogP) is 3.82. The van der Waals surface area contributed by atoms with E-state index in [9.17, 15) is 9.50 Å². The molecule has 6 heteroatoms. The van der Waals surface area contributed by atoms with Gasteiger partial charge in [-0.25, -0.2) is 4.39 Å². The third-order valence-electron chi connectivity index (χ3n) is 2.73. The molecule has 1 aromatic carbocycles. The Kier molecular flexibility index (Phi) is 4.45. The van der Waals surface area contributed by atoms with Crippen molar-refractivity contribution in [3.05, 3.63) is 51.5 Å². The molecule has 102 valence electrons. The van der Waals surface area contributed by atoms with Gasteiger partial charge < -0.3 is 5.11 Å². The van der Waals surface area contributed by atoms with Crippen molar-refractivity contribution in [2.45, 2.75) is 26.0 Å². The number of hydrogen-bond donors (Lipinski definition) is 1. The van der Waals surface area contributed by atoms with Crippen LogP contribution in [-0.2, 0) is 6.54 Å². The lowest BCUT2D eigenvalue weighted by atomic mass is 10.1. The molecule has 1 atom stereocenters. The van der Waals surface area contributed by atoms with Crippen molar-refractivity contribution in [3.8, 4) is 0 Å². The monoisotopic (exact) mass is 302 g/mol. The van der Waals surface area contributed by atoms with Gasteiger partial charge in [0.15, 0.2) is 0 Å². The topological polar surface area (TPSA) is 38.0 Å². The average molecular weight is 303 g/mol. The van der Waals surface area contributed by atoms with Gasteiger partial charge in [-0.15, -0.1) is 0 Å². The molecule has 19 heavy (non-hydrogen) atoms. The molecule has 0 saturated heterocycles. The molecule has 1 unspecified atom stereocenters. The van der Waals surface area contributed by atoms with Crippen LogP contribution in [0, 0.1) is 5.82 Å². The van der Waals surface area contributed by atoms with Crippen molar-refractivity contribution in [3.63, 3.8) is 0 Å². The molecule has 2 rings (SSSR count). The van der Waals surface area contributed by atoms with Crippen LogP contribution in [0.15, 0.2) is 24.4 Å². The van der Waals surface area contributed by atoms with Crippen LogP contribution in [0.1, 0.15) is 30.7 Å². The Morgan fingerprint density at radius 2 is 2.11 bits per heavy atom. The Balaban J connectivity index is 2.43. The third kappa shape index (κ3) is 3.08. The molecule has 1 heterocycles. The van der Waals surface area contributed by atoms with E-state index in [-0.39, 0.29) is 5.02 Å². The van der Waals surface area contributed by atoms with E-state index in [1.54, 1.807) is 4.68 Å². The van der Waals surface area contributed by atoms with Crippen LogP contribution in [0.25, 0.3) is 0 Å². The van der Waals surface area contributed by atoms with Crippen molar-refractivity contribution < 1.29 is 9.50 Å². The van der Waals surface area contributed by atoms with Crippen molar-refractivity contribution in [1.82, 2.24) is 9.78 Å². The van der Waals surface area contributed by atoms with Gasteiger partial charge in [-0.05, 0) is 30.2 Å². The van der Waals surface area contributed by atoms with E-state index in [1.807, 2.05) is 6.92 Å². The Hall–Kier alpha value is -1.10. The van der Waals surface area contributed by atoms with E-state index >= 15 is 0 Å². The molecular weight excluding hydrogens is 290 g/mol. The van der Waals surface area contributed by atoms with Crippen molar-refractivity contribution in [1.29, 1.82) is 0 Å². The zero-order chi connectivity index (χ0) is 14.0. The molecule has 0 aliphatic heterocycles. The molecule has 0 amide bonds. The fraction of sp³-hybridized carbons (Fsp3) is 0.308. The van der Waals surface area contributed by atoms with Gasteiger partial charge >= 0.3 is 0 Å². The lowest BCUT2D eigenvalue weighted by molar-refractivity contribution is 0.207. The summed E-state index contributed by atoms with van der Waals surface area (Å²) in [6, 6.07) is 3.92. The normalized spacial score (nSPS) is 12.7. The minimum absolute atomic E-state index is 0.228. The largest absolute Gasteiger partial charge is 0.382 e. The van der Waals surface area contributed by atoms with Gasteiger partial charge in [0.05, 0.1) is 16.9 Å². The molecule has 0 fully saturated rings. The number of nitrogens with zero attached hydrogens (tertiary/aromatic N) is 2. The number of benzene rings is 1. The quantitative estimate of drug-likeness (QED) is 0.932. The first-order valence-electron chi connectivity index (χ1n) is 5.88. The first kappa shape index (κ1) is 14.3. The number of aliphatic hydroxyl groups is 1. The summed E-state index contributed by atoms with van der Waals surface area (Å²) in [6.07, 6.45) is 1.26.